The van der Waals surface area contributed by atoms with Crippen LogP contribution < -0.4 is 5.32 Å². The van der Waals surface area contributed by atoms with E-state index in [0.29, 0.717) is 23.6 Å². The molecule has 1 heterocycles. The Morgan fingerprint density at radius 1 is 1.19 bits per heavy atom. The van der Waals surface area contributed by atoms with Gasteiger partial charge in [0.15, 0.2) is 0 Å². The van der Waals surface area contributed by atoms with Crippen LogP contribution >= 0.6 is 0 Å². The van der Waals surface area contributed by atoms with Gasteiger partial charge in [0.1, 0.15) is 0 Å². The van der Waals surface area contributed by atoms with Crippen LogP contribution in [0.5, 0.6) is 0 Å². The lowest BCUT2D eigenvalue weighted by atomic mass is 9.79. The van der Waals surface area contributed by atoms with Gasteiger partial charge in [-0.1, -0.05) is 39.5 Å². The average Bonchev–Trinajstić information content (AvgIpc) is 2.73. The Balaban J connectivity index is 1.99. The molecule has 2 atom stereocenters. The van der Waals surface area contributed by atoms with Gasteiger partial charge in [-0.15, -0.1) is 0 Å². The van der Waals surface area contributed by atoms with Gasteiger partial charge >= 0.3 is 0 Å². The first kappa shape index (κ1) is 17.2. The number of rotatable bonds is 6. The first-order valence-electron chi connectivity index (χ1n) is 9.08. The molecule has 1 saturated heterocycles. The summed E-state index contributed by atoms with van der Waals surface area (Å²) < 4.78 is 5.77. The Bertz CT molecular complexity index is 298. The molecule has 2 unspecified atom stereocenters. The van der Waals surface area contributed by atoms with E-state index in [-0.39, 0.29) is 0 Å². The van der Waals surface area contributed by atoms with Crippen molar-refractivity contribution in [1.82, 2.24) is 10.2 Å². The third-order valence-electron chi connectivity index (χ3n) is 5.54. The van der Waals surface area contributed by atoms with E-state index in [1.54, 1.807) is 0 Å². The molecule has 0 aromatic heterocycles. The zero-order chi connectivity index (χ0) is 15.3. The van der Waals surface area contributed by atoms with E-state index in [9.17, 15) is 0 Å². The quantitative estimate of drug-likeness (QED) is 0.760. The summed E-state index contributed by atoms with van der Waals surface area (Å²) in [5.74, 6) is 0. The SMILES string of the molecule is CC(C)NCC1(CN(C)C2CCOC2C)CCCCCC1. The highest BCUT2D eigenvalue weighted by molar-refractivity contribution is 4.90. The molecule has 1 aliphatic carbocycles. The van der Waals surface area contributed by atoms with E-state index in [4.69, 9.17) is 4.74 Å². The summed E-state index contributed by atoms with van der Waals surface area (Å²) in [4.78, 5) is 2.60. The van der Waals surface area contributed by atoms with Crippen molar-refractivity contribution in [3.8, 4) is 0 Å². The summed E-state index contributed by atoms with van der Waals surface area (Å²) >= 11 is 0. The Hall–Kier alpha value is -0.120. The molecule has 0 spiro atoms. The standard InChI is InChI=1S/C18H36N2O/c1-15(2)19-13-18(10-7-5-6-8-11-18)14-20(4)17-9-12-21-16(17)3/h15-17,19H,5-14H2,1-4H3. The van der Waals surface area contributed by atoms with E-state index in [1.165, 1.54) is 58.0 Å². The van der Waals surface area contributed by atoms with Crippen molar-refractivity contribution in [2.75, 3.05) is 26.7 Å². The Morgan fingerprint density at radius 2 is 1.86 bits per heavy atom. The normalized spacial score (nSPS) is 30.0. The van der Waals surface area contributed by atoms with Crippen LogP contribution in [0.2, 0.25) is 0 Å². The van der Waals surface area contributed by atoms with Gasteiger partial charge in [0.25, 0.3) is 0 Å². The van der Waals surface area contributed by atoms with Crippen molar-refractivity contribution in [3.05, 3.63) is 0 Å². The molecule has 1 saturated carbocycles. The summed E-state index contributed by atoms with van der Waals surface area (Å²) in [6.07, 6.45) is 10.0. The second kappa shape index (κ2) is 7.94. The average molecular weight is 296 g/mol. The molecule has 1 aliphatic heterocycles. The van der Waals surface area contributed by atoms with Crippen molar-refractivity contribution in [2.24, 2.45) is 5.41 Å². The largest absolute Gasteiger partial charge is 0.377 e. The van der Waals surface area contributed by atoms with Gasteiger partial charge in [-0.05, 0) is 38.6 Å². The zero-order valence-electron chi connectivity index (χ0n) is 14.7. The van der Waals surface area contributed by atoms with Crippen LogP contribution in [0.1, 0.15) is 65.7 Å². The Morgan fingerprint density at radius 3 is 2.38 bits per heavy atom. The third-order valence-corrected chi connectivity index (χ3v) is 5.54. The summed E-state index contributed by atoms with van der Waals surface area (Å²) in [7, 11) is 2.32. The molecule has 3 nitrogen and oxygen atoms in total. The minimum Gasteiger partial charge on any atom is -0.377 e. The smallest absolute Gasteiger partial charge is 0.0702 e. The second-order valence-electron chi connectivity index (χ2n) is 7.80. The van der Waals surface area contributed by atoms with Crippen LogP contribution in [0.25, 0.3) is 0 Å². The highest BCUT2D eigenvalue weighted by Gasteiger charge is 2.36. The van der Waals surface area contributed by atoms with Crippen molar-refractivity contribution in [1.29, 1.82) is 0 Å². The minimum atomic E-state index is 0.399. The Kier molecular flexibility index (Phi) is 6.51. The second-order valence-corrected chi connectivity index (χ2v) is 7.80. The molecule has 0 aromatic rings. The van der Waals surface area contributed by atoms with Gasteiger partial charge in [0.05, 0.1) is 6.10 Å². The molecule has 2 fully saturated rings. The fourth-order valence-electron chi connectivity index (χ4n) is 4.24. The van der Waals surface area contributed by atoms with E-state index in [0.717, 1.165) is 6.61 Å². The highest BCUT2D eigenvalue weighted by Crippen LogP contribution is 2.36. The van der Waals surface area contributed by atoms with Crippen LogP contribution in [0.4, 0.5) is 0 Å². The molecule has 1 N–H and O–H groups in total. The number of hydrogen-bond donors (Lipinski definition) is 1. The molecule has 2 rings (SSSR count). The molecular weight excluding hydrogens is 260 g/mol. The number of likely N-dealkylation sites (N-methyl/N-ethyl adjacent to an activating group) is 1. The molecule has 0 radical (unpaired) electrons. The maximum atomic E-state index is 5.77. The lowest BCUT2D eigenvalue weighted by Gasteiger charge is -2.40. The van der Waals surface area contributed by atoms with E-state index in [2.05, 4.69) is 38.0 Å². The Labute approximate surface area is 131 Å². The van der Waals surface area contributed by atoms with Crippen molar-refractivity contribution in [3.63, 3.8) is 0 Å². The molecule has 0 aromatic carbocycles. The fourth-order valence-corrected chi connectivity index (χ4v) is 4.24. The lowest BCUT2D eigenvalue weighted by Crippen LogP contribution is -2.48. The van der Waals surface area contributed by atoms with E-state index < -0.39 is 0 Å². The molecular formula is C18H36N2O. The number of nitrogens with one attached hydrogen (secondary N) is 1. The van der Waals surface area contributed by atoms with E-state index in [1.807, 2.05) is 0 Å². The number of nitrogens with zero attached hydrogens (tertiary/aromatic N) is 1. The zero-order valence-corrected chi connectivity index (χ0v) is 14.7. The van der Waals surface area contributed by atoms with Crippen LogP contribution in [0.3, 0.4) is 0 Å². The molecule has 21 heavy (non-hydrogen) atoms. The predicted octanol–water partition coefficient (Wildman–Crippen LogP) is 3.43. The van der Waals surface area contributed by atoms with Gasteiger partial charge < -0.3 is 15.0 Å². The monoisotopic (exact) mass is 296 g/mol. The minimum absolute atomic E-state index is 0.399. The van der Waals surface area contributed by atoms with Crippen LogP contribution in [-0.2, 0) is 4.74 Å². The summed E-state index contributed by atoms with van der Waals surface area (Å²) in [6, 6.07) is 1.20. The van der Waals surface area contributed by atoms with Gasteiger partial charge in [-0.2, -0.15) is 0 Å². The maximum Gasteiger partial charge on any atom is 0.0702 e. The van der Waals surface area contributed by atoms with Crippen LogP contribution in [-0.4, -0.2) is 49.8 Å². The molecule has 3 heteroatoms. The summed E-state index contributed by atoms with van der Waals surface area (Å²) in [6.45, 7) is 10.1. The first-order chi connectivity index (χ1) is 10.0. The van der Waals surface area contributed by atoms with Crippen LogP contribution in [0.15, 0.2) is 0 Å². The van der Waals surface area contributed by atoms with Gasteiger partial charge in [0, 0.05) is 31.8 Å². The highest BCUT2D eigenvalue weighted by atomic mass is 16.5. The number of ether oxygens (including phenoxy) is 1. The summed E-state index contributed by atoms with van der Waals surface area (Å²) in [5, 5.41) is 3.73. The predicted molar refractivity (Wildman–Crippen MR) is 89.7 cm³/mol. The van der Waals surface area contributed by atoms with Gasteiger partial charge in [0.2, 0.25) is 0 Å². The molecule has 124 valence electrons. The van der Waals surface area contributed by atoms with Crippen molar-refractivity contribution in [2.45, 2.75) is 83.9 Å². The lowest BCUT2D eigenvalue weighted by molar-refractivity contribution is 0.0573. The number of hydrogen-bond acceptors (Lipinski definition) is 3. The van der Waals surface area contributed by atoms with E-state index >= 15 is 0 Å². The van der Waals surface area contributed by atoms with Gasteiger partial charge in [-0.3, -0.25) is 0 Å². The third kappa shape index (κ3) is 4.94. The fraction of sp³-hybridized carbons (Fsp3) is 1.00. The van der Waals surface area contributed by atoms with Crippen molar-refractivity contribution < 1.29 is 4.74 Å². The molecule has 0 bridgehead atoms. The molecule has 0 amide bonds. The first-order valence-corrected chi connectivity index (χ1v) is 9.08. The molecule has 2 aliphatic rings. The maximum absolute atomic E-state index is 5.77. The summed E-state index contributed by atoms with van der Waals surface area (Å²) in [5.41, 5.74) is 0.470. The topological polar surface area (TPSA) is 24.5 Å². The van der Waals surface area contributed by atoms with Gasteiger partial charge in [-0.25, -0.2) is 0 Å². The van der Waals surface area contributed by atoms with Crippen molar-refractivity contribution >= 4 is 0 Å². The van der Waals surface area contributed by atoms with Crippen LogP contribution in [0, 0.1) is 5.41 Å².